The first-order valence-corrected chi connectivity index (χ1v) is 9.98. The van der Waals surface area contributed by atoms with E-state index in [2.05, 4.69) is 80.5 Å². The lowest BCUT2D eigenvalue weighted by Crippen LogP contribution is -2.49. The molecule has 152 valence electrons. The molecule has 1 heterocycles. The minimum atomic E-state index is -0.369. The normalized spacial score (nSPS) is 15.3. The average Bonchev–Trinajstić information content (AvgIpc) is 2.62. The topological polar surface area (TPSA) is 56.7 Å². The first-order chi connectivity index (χ1) is 13.7. The molecule has 0 spiro atoms. The zero-order chi connectivity index (χ0) is 21.2. The highest BCUT2D eigenvalue weighted by atomic mass is 16.2. The van der Waals surface area contributed by atoms with E-state index in [4.69, 9.17) is 0 Å². The maximum atomic E-state index is 12.0. The predicted octanol–water partition coefficient (Wildman–Crippen LogP) is 5.56. The van der Waals surface area contributed by atoms with E-state index in [-0.39, 0.29) is 11.6 Å². The van der Waals surface area contributed by atoms with Crippen molar-refractivity contribution in [2.45, 2.75) is 53.1 Å². The number of benzene rings is 2. The van der Waals surface area contributed by atoms with Crippen molar-refractivity contribution in [2.75, 3.05) is 10.2 Å². The molecule has 0 bridgehead atoms. The molecule has 0 aliphatic carbocycles. The van der Waals surface area contributed by atoms with Gasteiger partial charge in [0.2, 0.25) is 0 Å². The van der Waals surface area contributed by atoms with E-state index >= 15 is 0 Å². The summed E-state index contributed by atoms with van der Waals surface area (Å²) in [6.07, 6.45) is 4.02. The second-order valence-corrected chi connectivity index (χ2v) is 8.36. The predicted molar refractivity (Wildman–Crippen MR) is 123 cm³/mol. The van der Waals surface area contributed by atoms with Gasteiger partial charge in [-0.25, -0.2) is 10.2 Å². The summed E-state index contributed by atoms with van der Waals surface area (Å²) in [5, 5.41) is 6.88. The van der Waals surface area contributed by atoms with Gasteiger partial charge in [0, 0.05) is 23.0 Å². The molecule has 5 heteroatoms. The van der Waals surface area contributed by atoms with E-state index in [1.165, 1.54) is 16.8 Å². The molecule has 1 aliphatic heterocycles. The Kier molecular flexibility index (Phi) is 5.78. The number of fused-ring (bicyclic) bond motifs is 1. The van der Waals surface area contributed by atoms with Crippen LogP contribution in [0.2, 0.25) is 0 Å². The maximum Gasteiger partial charge on any atom is 0.339 e. The molecule has 29 heavy (non-hydrogen) atoms. The summed E-state index contributed by atoms with van der Waals surface area (Å²) < 4.78 is 0. The molecule has 0 saturated carbocycles. The summed E-state index contributed by atoms with van der Waals surface area (Å²) in [4.78, 5) is 14.5. The molecule has 0 unspecified atom stereocenters. The fourth-order valence-electron chi connectivity index (χ4n) is 4.14. The highest BCUT2D eigenvalue weighted by Crippen LogP contribution is 2.41. The van der Waals surface area contributed by atoms with Gasteiger partial charge in [0.15, 0.2) is 0 Å². The molecule has 2 N–H and O–H groups in total. The van der Waals surface area contributed by atoms with E-state index in [0.717, 1.165) is 16.8 Å². The molecule has 0 atom stereocenters. The number of nitrogens with one attached hydrogen (secondary N) is 2. The van der Waals surface area contributed by atoms with E-state index in [1.807, 2.05) is 30.3 Å². The maximum absolute atomic E-state index is 12.0. The first kappa shape index (κ1) is 20.6. The first-order valence-electron chi connectivity index (χ1n) is 9.98. The monoisotopic (exact) mass is 390 g/mol. The van der Waals surface area contributed by atoms with E-state index in [0.29, 0.717) is 6.04 Å². The number of nitrogens with zero attached hydrogens (tertiary/aromatic N) is 2. The molecule has 2 aromatic carbocycles. The van der Waals surface area contributed by atoms with Gasteiger partial charge in [0.25, 0.3) is 0 Å². The van der Waals surface area contributed by atoms with Gasteiger partial charge in [-0.05, 0) is 82.5 Å². The Morgan fingerprint density at radius 2 is 1.83 bits per heavy atom. The quantitative estimate of drug-likeness (QED) is 0.530. The summed E-state index contributed by atoms with van der Waals surface area (Å²) >= 11 is 0. The minimum Gasteiger partial charge on any atom is -0.360 e. The van der Waals surface area contributed by atoms with Crippen LogP contribution in [0.25, 0.3) is 5.57 Å². The van der Waals surface area contributed by atoms with Crippen LogP contribution < -0.4 is 15.6 Å². The Labute approximate surface area is 173 Å². The van der Waals surface area contributed by atoms with Crippen LogP contribution in [0.4, 0.5) is 16.2 Å². The number of allylic oxidation sites excluding steroid dienone is 1. The fourth-order valence-corrected chi connectivity index (χ4v) is 4.14. The van der Waals surface area contributed by atoms with Crippen molar-refractivity contribution in [2.24, 2.45) is 5.10 Å². The largest absolute Gasteiger partial charge is 0.360 e. The number of carbonyl (C=O) groups is 1. The summed E-state index contributed by atoms with van der Waals surface area (Å²) in [6.45, 7) is 13.2. The molecule has 1 aliphatic rings. The molecule has 2 amide bonds. The number of anilines is 2. The Morgan fingerprint density at radius 1 is 1.14 bits per heavy atom. The number of amides is 2. The SMILES string of the molecule is CC1=CC(C)(C)N(C(C)C)c2cc(C)c(/C=N/NC(=O)Nc3ccccc3)cc21. The summed E-state index contributed by atoms with van der Waals surface area (Å²) in [7, 11) is 0. The minimum absolute atomic E-state index is 0.0373. The van der Waals surface area contributed by atoms with Crippen LogP contribution in [0.5, 0.6) is 0 Å². The van der Waals surface area contributed by atoms with Crippen LogP contribution in [-0.2, 0) is 0 Å². The fraction of sp³-hybridized carbons (Fsp3) is 0.333. The van der Waals surface area contributed by atoms with Crippen molar-refractivity contribution in [3.05, 3.63) is 65.2 Å². The number of rotatable bonds is 4. The van der Waals surface area contributed by atoms with E-state index < -0.39 is 0 Å². The van der Waals surface area contributed by atoms with Crippen molar-refractivity contribution >= 4 is 29.2 Å². The molecule has 0 aromatic heterocycles. The smallest absolute Gasteiger partial charge is 0.339 e. The van der Waals surface area contributed by atoms with Gasteiger partial charge in [-0.3, -0.25) is 0 Å². The van der Waals surface area contributed by atoms with Gasteiger partial charge < -0.3 is 10.2 Å². The Bertz CT molecular complexity index is 958. The van der Waals surface area contributed by atoms with Gasteiger partial charge in [-0.2, -0.15) is 5.10 Å². The molecular weight excluding hydrogens is 360 g/mol. The van der Waals surface area contributed by atoms with Crippen LogP contribution in [0.3, 0.4) is 0 Å². The molecule has 3 rings (SSSR count). The third-order valence-electron chi connectivity index (χ3n) is 5.18. The number of aryl methyl sites for hydroxylation is 1. The van der Waals surface area contributed by atoms with Crippen LogP contribution in [0.15, 0.2) is 53.6 Å². The molecule has 5 nitrogen and oxygen atoms in total. The molecule has 2 aromatic rings. The molecular formula is C24H30N4O. The number of urea groups is 1. The highest BCUT2D eigenvalue weighted by molar-refractivity contribution is 5.92. The Balaban J connectivity index is 1.81. The van der Waals surface area contributed by atoms with Crippen molar-refractivity contribution < 1.29 is 4.79 Å². The van der Waals surface area contributed by atoms with Crippen LogP contribution in [-0.4, -0.2) is 23.8 Å². The van der Waals surface area contributed by atoms with Crippen molar-refractivity contribution in [3.8, 4) is 0 Å². The summed E-state index contributed by atoms with van der Waals surface area (Å²) in [5.74, 6) is 0. The van der Waals surface area contributed by atoms with Crippen molar-refractivity contribution in [1.29, 1.82) is 0 Å². The van der Waals surface area contributed by atoms with Crippen molar-refractivity contribution in [1.82, 2.24) is 5.43 Å². The number of carbonyl (C=O) groups excluding carboxylic acids is 1. The standard InChI is InChI=1S/C24H30N4O/c1-16(2)28-22-12-17(3)19(13-21(22)18(4)14-24(28,5)6)15-25-27-23(29)26-20-10-8-7-9-11-20/h7-16H,1-6H3,(H2,26,27,29)/b25-15+. The third-order valence-corrected chi connectivity index (χ3v) is 5.18. The van der Waals surface area contributed by atoms with Crippen LogP contribution >= 0.6 is 0 Å². The van der Waals surface area contributed by atoms with Gasteiger partial charge in [-0.15, -0.1) is 0 Å². The van der Waals surface area contributed by atoms with Gasteiger partial charge in [0.1, 0.15) is 0 Å². The van der Waals surface area contributed by atoms with Gasteiger partial charge in [0.05, 0.1) is 11.8 Å². The van der Waals surface area contributed by atoms with E-state index in [1.54, 1.807) is 6.21 Å². The summed E-state index contributed by atoms with van der Waals surface area (Å²) in [6, 6.07) is 13.7. The Hall–Kier alpha value is -3.08. The lowest BCUT2D eigenvalue weighted by molar-refractivity contribution is 0.252. The van der Waals surface area contributed by atoms with Gasteiger partial charge >= 0.3 is 6.03 Å². The molecule has 0 radical (unpaired) electrons. The number of hydrogen-bond donors (Lipinski definition) is 2. The average molecular weight is 391 g/mol. The highest BCUT2D eigenvalue weighted by Gasteiger charge is 2.33. The second kappa shape index (κ2) is 8.11. The van der Waals surface area contributed by atoms with Crippen molar-refractivity contribution in [3.63, 3.8) is 0 Å². The third kappa shape index (κ3) is 4.50. The second-order valence-electron chi connectivity index (χ2n) is 8.36. The van der Waals surface area contributed by atoms with Crippen LogP contribution in [0.1, 0.15) is 51.3 Å². The summed E-state index contributed by atoms with van der Waals surface area (Å²) in [5.41, 5.74) is 9.03. The zero-order valence-electron chi connectivity index (χ0n) is 18.1. The Morgan fingerprint density at radius 3 is 2.48 bits per heavy atom. The molecule has 0 saturated heterocycles. The van der Waals surface area contributed by atoms with E-state index in [9.17, 15) is 4.79 Å². The molecule has 0 fully saturated rings. The number of para-hydroxylation sites is 1. The van der Waals surface area contributed by atoms with Crippen LogP contribution in [0, 0.1) is 6.92 Å². The lowest BCUT2D eigenvalue weighted by Gasteiger charge is -2.46. The lowest BCUT2D eigenvalue weighted by atomic mass is 9.86. The van der Waals surface area contributed by atoms with Gasteiger partial charge in [-0.1, -0.05) is 24.3 Å². The number of hydrazone groups is 1. The number of hydrogen-bond acceptors (Lipinski definition) is 3. The zero-order valence-corrected chi connectivity index (χ0v) is 18.1.